The molecule has 0 aliphatic rings. The highest BCUT2D eigenvalue weighted by Crippen LogP contribution is 2.10. The van der Waals surface area contributed by atoms with Crippen LogP contribution in [0.4, 0.5) is 0 Å². The van der Waals surface area contributed by atoms with Crippen molar-refractivity contribution in [3.05, 3.63) is 58.4 Å². The number of benzene rings is 1. The third-order valence-corrected chi connectivity index (χ3v) is 3.89. The fourth-order valence-corrected chi connectivity index (χ4v) is 2.41. The molecule has 0 unspecified atom stereocenters. The van der Waals surface area contributed by atoms with Crippen LogP contribution in [0.15, 0.2) is 36.5 Å². The number of aromatic nitrogens is 1. The molecule has 0 aliphatic heterocycles. The molecule has 0 saturated heterocycles. The van der Waals surface area contributed by atoms with Gasteiger partial charge in [0.05, 0.1) is 5.02 Å². The van der Waals surface area contributed by atoms with E-state index >= 15 is 0 Å². The van der Waals surface area contributed by atoms with Gasteiger partial charge in [-0.2, -0.15) is 0 Å². The molecule has 0 aliphatic carbocycles. The van der Waals surface area contributed by atoms with E-state index in [1.54, 1.807) is 12.3 Å². The van der Waals surface area contributed by atoms with Crippen LogP contribution < -0.4 is 5.32 Å². The van der Waals surface area contributed by atoms with E-state index in [4.69, 9.17) is 11.6 Å². The normalized spacial score (nSPS) is 10.9. The maximum Gasteiger partial charge on any atom is 0.268 e. The standard InChI is InChI=1S/C17H22ClN3O/c1-3-21(4-2)12-14-7-5-13(6-8-14)10-20-17(22)16-9-15(18)11-19-16/h5-9,11,19H,3-4,10,12H2,1-2H3,(H,20,22). The van der Waals surface area contributed by atoms with Gasteiger partial charge in [0.15, 0.2) is 0 Å². The Kier molecular flexibility index (Phi) is 6.04. The van der Waals surface area contributed by atoms with Crippen LogP contribution in [0.25, 0.3) is 0 Å². The van der Waals surface area contributed by atoms with Gasteiger partial charge in [-0.3, -0.25) is 9.69 Å². The van der Waals surface area contributed by atoms with Crippen LogP contribution in [0.5, 0.6) is 0 Å². The molecule has 2 N–H and O–H groups in total. The molecule has 1 heterocycles. The van der Waals surface area contributed by atoms with Crippen molar-refractivity contribution in [2.24, 2.45) is 0 Å². The number of halogens is 1. The van der Waals surface area contributed by atoms with E-state index in [-0.39, 0.29) is 5.91 Å². The Morgan fingerprint density at radius 2 is 1.82 bits per heavy atom. The van der Waals surface area contributed by atoms with Gasteiger partial charge < -0.3 is 10.3 Å². The second-order valence-electron chi connectivity index (χ2n) is 5.19. The van der Waals surface area contributed by atoms with E-state index < -0.39 is 0 Å². The highest BCUT2D eigenvalue weighted by atomic mass is 35.5. The maximum atomic E-state index is 11.9. The lowest BCUT2D eigenvalue weighted by atomic mass is 10.1. The van der Waals surface area contributed by atoms with Crippen LogP contribution in [0.2, 0.25) is 5.02 Å². The average Bonchev–Trinajstić information content (AvgIpc) is 2.98. The van der Waals surface area contributed by atoms with Gasteiger partial charge in [0.25, 0.3) is 5.91 Å². The van der Waals surface area contributed by atoms with Gasteiger partial charge in [-0.25, -0.2) is 0 Å². The molecule has 0 spiro atoms. The first-order valence-electron chi connectivity index (χ1n) is 7.54. The fourth-order valence-electron chi connectivity index (χ4n) is 2.24. The molecule has 2 aromatic rings. The molecule has 0 atom stereocenters. The van der Waals surface area contributed by atoms with E-state index in [1.807, 2.05) is 0 Å². The Labute approximate surface area is 136 Å². The second kappa shape index (κ2) is 8.01. The number of amides is 1. The van der Waals surface area contributed by atoms with Crippen LogP contribution in [0.1, 0.15) is 35.5 Å². The van der Waals surface area contributed by atoms with E-state index in [0.717, 1.165) is 25.2 Å². The van der Waals surface area contributed by atoms with Crippen molar-refractivity contribution >= 4 is 17.5 Å². The van der Waals surface area contributed by atoms with Gasteiger partial charge in [0.2, 0.25) is 0 Å². The minimum atomic E-state index is -0.154. The smallest absolute Gasteiger partial charge is 0.268 e. The third-order valence-electron chi connectivity index (χ3n) is 3.67. The Balaban J connectivity index is 1.87. The quantitative estimate of drug-likeness (QED) is 0.821. The van der Waals surface area contributed by atoms with Crippen molar-refractivity contribution in [3.8, 4) is 0 Å². The number of hydrogen-bond donors (Lipinski definition) is 2. The molecule has 2 rings (SSSR count). The highest BCUT2D eigenvalue weighted by molar-refractivity contribution is 6.30. The Bertz CT molecular complexity index is 603. The number of aromatic amines is 1. The lowest BCUT2D eigenvalue weighted by Gasteiger charge is -2.18. The minimum absolute atomic E-state index is 0.154. The summed E-state index contributed by atoms with van der Waals surface area (Å²) in [6, 6.07) is 9.96. The Morgan fingerprint density at radius 3 is 2.36 bits per heavy atom. The van der Waals surface area contributed by atoms with Crippen molar-refractivity contribution in [2.75, 3.05) is 13.1 Å². The summed E-state index contributed by atoms with van der Waals surface area (Å²) in [5.74, 6) is -0.154. The largest absolute Gasteiger partial charge is 0.356 e. The van der Waals surface area contributed by atoms with Crippen molar-refractivity contribution in [3.63, 3.8) is 0 Å². The van der Waals surface area contributed by atoms with Crippen LogP contribution in [-0.4, -0.2) is 28.9 Å². The lowest BCUT2D eigenvalue weighted by molar-refractivity contribution is 0.0946. The molecular formula is C17H22ClN3O. The predicted molar refractivity (Wildman–Crippen MR) is 90.0 cm³/mol. The molecule has 1 amide bonds. The summed E-state index contributed by atoms with van der Waals surface area (Å²) in [5.41, 5.74) is 2.84. The average molecular weight is 320 g/mol. The monoisotopic (exact) mass is 319 g/mol. The lowest BCUT2D eigenvalue weighted by Crippen LogP contribution is -2.23. The number of carbonyl (C=O) groups excluding carboxylic acids is 1. The zero-order chi connectivity index (χ0) is 15.9. The van der Waals surface area contributed by atoms with Crippen LogP contribution in [-0.2, 0) is 13.1 Å². The Hall–Kier alpha value is -1.78. The number of hydrogen-bond acceptors (Lipinski definition) is 2. The zero-order valence-electron chi connectivity index (χ0n) is 13.0. The van der Waals surface area contributed by atoms with Gasteiger partial charge in [-0.1, -0.05) is 49.7 Å². The summed E-state index contributed by atoms with van der Waals surface area (Å²) in [4.78, 5) is 17.1. The molecule has 0 saturated carbocycles. The first-order chi connectivity index (χ1) is 10.6. The molecular weight excluding hydrogens is 298 g/mol. The minimum Gasteiger partial charge on any atom is -0.356 e. The Morgan fingerprint density at radius 1 is 1.18 bits per heavy atom. The van der Waals surface area contributed by atoms with Gasteiger partial charge in [-0.05, 0) is 30.3 Å². The summed E-state index contributed by atoms with van der Waals surface area (Å²) >= 11 is 5.79. The summed E-state index contributed by atoms with van der Waals surface area (Å²) in [5, 5.41) is 3.41. The maximum absolute atomic E-state index is 11.9. The molecule has 1 aromatic heterocycles. The summed E-state index contributed by atoms with van der Waals surface area (Å²) in [7, 11) is 0. The molecule has 118 valence electrons. The van der Waals surface area contributed by atoms with E-state index in [1.165, 1.54) is 5.56 Å². The molecule has 5 heteroatoms. The topological polar surface area (TPSA) is 48.1 Å². The number of nitrogens with zero attached hydrogens (tertiary/aromatic N) is 1. The summed E-state index contributed by atoms with van der Waals surface area (Å²) in [6.45, 7) is 7.89. The summed E-state index contributed by atoms with van der Waals surface area (Å²) < 4.78 is 0. The molecule has 0 radical (unpaired) electrons. The third kappa shape index (κ3) is 4.61. The molecule has 0 bridgehead atoms. The van der Waals surface area contributed by atoms with Crippen molar-refractivity contribution in [2.45, 2.75) is 26.9 Å². The van der Waals surface area contributed by atoms with Gasteiger partial charge in [0.1, 0.15) is 5.69 Å². The van der Waals surface area contributed by atoms with Crippen molar-refractivity contribution in [1.82, 2.24) is 15.2 Å². The SMILES string of the molecule is CCN(CC)Cc1ccc(CNC(=O)c2cc(Cl)c[nH]2)cc1. The second-order valence-corrected chi connectivity index (χ2v) is 5.63. The van der Waals surface area contributed by atoms with Crippen LogP contribution >= 0.6 is 11.6 Å². The molecule has 1 aromatic carbocycles. The van der Waals surface area contributed by atoms with Gasteiger partial charge in [0, 0.05) is 19.3 Å². The highest BCUT2D eigenvalue weighted by Gasteiger charge is 2.07. The predicted octanol–water partition coefficient (Wildman–Crippen LogP) is 3.44. The molecule has 0 fully saturated rings. The van der Waals surface area contributed by atoms with E-state index in [9.17, 15) is 4.79 Å². The summed E-state index contributed by atoms with van der Waals surface area (Å²) in [6.07, 6.45) is 1.60. The first kappa shape index (κ1) is 16.6. The van der Waals surface area contributed by atoms with E-state index in [2.05, 4.69) is 53.3 Å². The van der Waals surface area contributed by atoms with Crippen molar-refractivity contribution in [1.29, 1.82) is 0 Å². The number of rotatable bonds is 7. The van der Waals surface area contributed by atoms with Crippen molar-refractivity contribution < 1.29 is 4.79 Å². The van der Waals surface area contributed by atoms with Crippen LogP contribution in [0.3, 0.4) is 0 Å². The first-order valence-corrected chi connectivity index (χ1v) is 7.92. The number of carbonyl (C=O) groups is 1. The van der Waals surface area contributed by atoms with E-state index in [0.29, 0.717) is 17.3 Å². The number of nitrogens with one attached hydrogen (secondary N) is 2. The molecule has 22 heavy (non-hydrogen) atoms. The van der Waals surface area contributed by atoms with Gasteiger partial charge >= 0.3 is 0 Å². The molecule has 4 nitrogen and oxygen atoms in total. The zero-order valence-corrected chi connectivity index (χ0v) is 13.8. The van der Waals surface area contributed by atoms with Crippen LogP contribution in [0, 0.1) is 0 Å². The number of H-pyrrole nitrogens is 1. The fraction of sp³-hybridized carbons (Fsp3) is 0.353. The van der Waals surface area contributed by atoms with Gasteiger partial charge in [-0.15, -0.1) is 0 Å².